The van der Waals surface area contributed by atoms with E-state index in [1.807, 2.05) is 6.08 Å². The second-order valence-electron chi connectivity index (χ2n) is 22.5. The number of esters is 1. The predicted molar refractivity (Wildman–Crippen MR) is 342 cm³/mol. The number of carbonyl (C=O) groups excluding carboxylic acids is 2. The molecule has 1 rings (SSSR count). The SMILES string of the molecule is CC/C=C\C/C=C\C/C=C\C/C=C\C/C=C\CCCCC(O)C(=O)NC(COC1OC(CO)C(O)C(O)C1OC(=O)CCCCCCCCCCCC/C=C\C/C=C\C/C=C\CCCCC)C(O)/C=C/CCCCCCCCCCCC. The molecular weight excluding hydrogens is 1030 g/mol. The highest BCUT2D eigenvalue weighted by molar-refractivity contribution is 5.80. The summed E-state index contributed by atoms with van der Waals surface area (Å²) in [5.74, 6) is -1.24. The monoisotopic (exact) mass is 1150 g/mol. The molecule has 1 fully saturated rings. The lowest BCUT2D eigenvalue weighted by atomic mass is 9.99. The molecule has 1 aliphatic rings. The highest BCUT2D eigenvalue weighted by Gasteiger charge is 2.47. The number of amides is 1. The van der Waals surface area contributed by atoms with Crippen LogP contribution in [0.5, 0.6) is 0 Å². The van der Waals surface area contributed by atoms with Crippen LogP contribution in [0.1, 0.15) is 265 Å². The Morgan fingerprint density at radius 1 is 0.488 bits per heavy atom. The smallest absolute Gasteiger partial charge is 0.306 e. The quantitative estimate of drug-likeness (QED) is 0.0195. The van der Waals surface area contributed by atoms with Crippen molar-refractivity contribution in [1.29, 1.82) is 0 Å². The van der Waals surface area contributed by atoms with Gasteiger partial charge < -0.3 is 45.1 Å². The molecule has 0 aromatic carbocycles. The molecule has 0 bridgehead atoms. The molecule has 8 unspecified atom stereocenters. The highest BCUT2D eigenvalue weighted by atomic mass is 16.7. The number of rotatable bonds is 55. The lowest BCUT2D eigenvalue weighted by Gasteiger charge is -2.41. The molecule has 470 valence electrons. The standard InChI is InChI=1S/C71H121NO10/c1-4-7-10-13-16-19-22-25-27-29-31-32-33-34-35-37-39-41-44-47-50-53-56-59-66(76)82-69-68(78)67(77)65(60-73)81-71(69)80-61-62(63(74)57-54-51-48-45-42-24-21-18-15-12-9-6-3)72-70(79)64(75)58-55-52-49-46-43-40-38-36-30-28-26-23-20-17-14-11-8-5-2/h8,11,16-17,19-20,25-28,31-32,36,38,43,46,54,57,62-65,67-69,71,73-75,77-78H,4-7,9-10,12-15,18,21-24,29-30,33-35,37,39-42,44-45,47-53,55-56,58-61H2,1-3H3,(H,72,79)/b11-8-,19-16-,20-17-,27-25-,28-26-,32-31-,38-36-,46-43-,57-54+. The van der Waals surface area contributed by atoms with Crippen molar-refractivity contribution in [2.45, 2.75) is 314 Å². The van der Waals surface area contributed by atoms with Gasteiger partial charge in [0.15, 0.2) is 12.4 Å². The molecule has 0 spiro atoms. The Morgan fingerprint density at radius 2 is 0.878 bits per heavy atom. The maximum atomic E-state index is 13.4. The van der Waals surface area contributed by atoms with Crippen molar-refractivity contribution in [3.63, 3.8) is 0 Å². The fraction of sp³-hybridized carbons (Fsp3) is 0.718. The minimum Gasteiger partial charge on any atom is -0.454 e. The number of aliphatic hydroxyl groups excluding tert-OH is 5. The van der Waals surface area contributed by atoms with E-state index in [0.29, 0.717) is 12.8 Å². The molecule has 1 aliphatic heterocycles. The molecule has 0 aliphatic carbocycles. The lowest BCUT2D eigenvalue weighted by molar-refractivity contribution is -0.305. The second-order valence-corrected chi connectivity index (χ2v) is 22.5. The van der Waals surface area contributed by atoms with E-state index in [9.17, 15) is 35.1 Å². The first-order valence-electron chi connectivity index (χ1n) is 33.2. The van der Waals surface area contributed by atoms with Crippen LogP contribution < -0.4 is 5.32 Å². The van der Waals surface area contributed by atoms with Crippen molar-refractivity contribution in [3.05, 3.63) is 109 Å². The number of unbranched alkanes of at least 4 members (excludes halogenated alkanes) is 25. The van der Waals surface area contributed by atoms with Gasteiger partial charge in [0.25, 0.3) is 0 Å². The number of aliphatic hydroxyl groups is 5. The largest absolute Gasteiger partial charge is 0.454 e. The third kappa shape index (κ3) is 44.8. The molecule has 1 amide bonds. The van der Waals surface area contributed by atoms with Crippen molar-refractivity contribution < 1.29 is 49.3 Å². The van der Waals surface area contributed by atoms with Gasteiger partial charge in [-0.3, -0.25) is 9.59 Å². The highest BCUT2D eigenvalue weighted by Crippen LogP contribution is 2.26. The third-order valence-electron chi connectivity index (χ3n) is 14.9. The van der Waals surface area contributed by atoms with Crippen LogP contribution in [-0.2, 0) is 23.8 Å². The van der Waals surface area contributed by atoms with E-state index >= 15 is 0 Å². The molecule has 82 heavy (non-hydrogen) atoms. The Kier molecular flexibility index (Phi) is 53.7. The van der Waals surface area contributed by atoms with Gasteiger partial charge in [0, 0.05) is 6.42 Å². The Bertz CT molecular complexity index is 1750. The first-order valence-corrected chi connectivity index (χ1v) is 33.2. The van der Waals surface area contributed by atoms with E-state index < -0.39 is 67.4 Å². The lowest BCUT2D eigenvalue weighted by Crippen LogP contribution is -2.61. The van der Waals surface area contributed by atoms with Gasteiger partial charge in [0.2, 0.25) is 5.91 Å². The maximum absolute atomic E-state index is 13.4. The van der Waals surface area contributed by atoms with Gasteiger partial charge in [-0.15, -0.1) is 0 Å². The first-order chi connectivity index (χ1) is 40.2. The van der Waals surface area contributed by atoms with E-state index in [-0.39, 0.29) is 19.4 Å². The van der Waals surface area contributed by atoms with Crippen LogP contribution >= 0.6 is 0 Å². The fourth-order valence-corrected chi connectivity index (χ4v) is 9.68. The van der Waals surface area contributed by atoms with Crippen molar-refractivity contribution >= 4 is 11.9 Å². The van der Waals surface area contributed by atoms with Crippen LogP contribution in [0.4, 0.5) is 0 Å². The molecule has 6 N–H and O–H groups in total. The van der Waals surface area contributed by atoms with Crippen molar-refractivity contribution in [2.75, 3.05) is 13.2 Å². The maximum Gasteiger partial charge on any atom is 0.306 e. The minimum atomic E-state index is -1.63. The molecule has 0 aromatic heterocycles. The Balaban J connectivity index is 2.65. The van der Waals surface area contributed by atoms with Crippen LogP contribution in [0.15, 0.2) is 109 Å². The zero-order valence-corrected chi connectivity index (χ0v) is 52.1. The summed E-state index contributed by atoms with van der Waals surface area (Å²) in [7, 11) is 0. The Hall–Kier alpha value is -3.68. The molecular formula is C71H121NO10. The van der Waals surface area contributed by atoms with E-state index in [4.69, 9.17) is 14.2 Å². The summed E-state index contributed by atoms with van der Waals surface area (Å²) in [5.41, 5.74) is 0. The molecule has 11 heteroatoms. The summed E-state index contributed by atoms with van der Waals surface area (Å²) in [6.07, 6.45) is 68.3. The third-order valence-corrected chi connectivity index (χ3v) is 14.9. The summed E-state index contributed by atoms with van der Waals surface area (Å²) < 4.78 is 17.6. The molecule has 0 radical (unpaired) electrons. The zero-order chi connectivity index (χ0) is 59.6. The Morgan fingerprint density at radius 3 is 1.34 bits per heavy atom. The van der Waals surface area contributed by atoms with Gasteiger partial charge in [-0.2, -0.15) is 0 Å². The number of allylic oxidation sites excluding steroid dienone is 17. The fourth-order valence-electron chi connectivity index (χ4n) is 9.68. The van der Waals surface area contributed by atoms with Gasteiger partial charge in [0.05, 0.1) is 25.4 Å². The van der Waals surface area contributed by atoms with Crippen LogP contribution in [0.3, 0.4) is 0 Å². The van der Waals surface area contributed by atoms with Gasteiger partial charge >= 0.3 is 5.97 Å². The van der Waals surface area contributed by atoms with Crippen molar-refractivity contribution in [1.82, 2.24) is 5.32 Å². The average molecular weight is 1150 g/mol. The molecule has 11 nitrogen and oxygen atoms in total. The number of hydrogen-bond acceptors (Lipinski definition) is 10. The van der Waals surface area contributed by atoms with Crippen molar-refractivity contribution in [2.24, 2.45) is 0 Å². The zero-order valence-electron chi connectivity index (χ0n) is 52.1. The van der Waals surface area contributed by atoms with Gasteiger partial charge in [0.1, 0.15) is 24.4 Å². The molecule has 0 saturated carbocycles. The van der Waals surface area contributed by atoms with Crippen LogP contribution in [0.25, 0.3) is 0 Å². The predicted octanol–water partition coefficient (Wildman–Crippen LogP) is 16.4. The molecule has 1 saturated heterocycles. The van der Waals surface area contributed by atoms with E-state index in [1.165, 1.54) is 103 Å². The minimum absolute atomic E-state index is 0.109. The van der Waals surface area contributed by atoms with E-state index in [2.05, 4.69) is 123 Å². The average Bonchev–Trinajstić information content (AvgIpc) is 3.68. The second kappa shape index (κ2) is 57.7. The van der Waals surface area contributed by atoms with Gasteiger partial charge in [-0.25, -0.2) is 0 Å². The van der Waals surface area contributed by atoms with E-state index in [1.54, 1.807) is 6.08 Å². The van der Waals surface area contributed by atoms with Crippen molar-refractivity contribution in [3.8, 4) is 0 Å². The van der Waals surface area contributed by atoms with Crippen LogP contribution in [0.2, 0.25) is 0 Å². The molecule has 8 atom stereocenters. The topological polar surface area (TPSA) is 175 Å². The number of nitrogens with one attached hydrogen (secondary N) is 1. The number of ether oxygens (including phenoxy) is 3. The van der Waals surface area contributed by atoms with Gasteiger partial charge in [-0.05, 0) is 109 Å². The molecule has 1 heterocycles. The van der Waals surface area contributed by atoms with Crippen LogP contribution in [0, 0.1) is 0 Å². The first kappa shape index (κ1) is 76.3. The van der Waals surface area contributed by atoms with E-state index in [0.717, 1.165) is 116 Å². The summed E-state index contributed by atoms with van der Waals surface area (Å²) >= 11 is 0. The number of carbonyl (C=O) groups is 2. The van der Waals surface area contributed by atoms with Gasteiger partial charge in [-0.1, -0.05) is 259 Å². The number of hydrogen-bond donors (Lipinski definition) is 6. The molecule has 0 aromatic rings. The normalized spacial score (nSPS) is 19.3. The summed E-state index contributed by atoms with van der Waals surface area (Å²) in [6, 6.07) is -1.05. The summed E-state index contributed by atoms with van der Waals surface area (Å²) in [4.78, 5) is 26.6. The summed E-state index contributed by atoms with van der Waals surface area (Å²) in [5, 5.41) is 57.1. The van der Waals surface area contributed by atoms with Crippen LogP contribution in [-0.4, -0.2) is 99.6 Å². The Labute approximate surface area is 500 Å². The summed E-state index contributed by atoms with van der Waals surface area (Å²) in [6.45, 7) is 5.63.